The van der Waals surface area contributed by atoms with Crippen LogP contribution in [-0.4, -0.2) is 105 Å². The molecule has 2 aliphatic rings. The van der Waals surface area contributed by atoms with E-state index in [0.717, 1.165) is 73.8 Å². The van der Waals surface area contributed by atoms with Crippen LogP contribution in [0.2, 0.25) is 0 Å². The SMILES string of the molecule is Cc1ncsc1-c1ccc([C@H](C)NC(=O)[C@@H]2C[C@@H](O)CN2C(=O)[C@@H](NC(=O)CN2CCN(c3ccc(-c4cnnc(-c5cccc6ccoc56)c4)cc3)CC2)C(C)(C)C)cc1. The monoisotopic (exact) mass is 840 g/mol. The molecule has 6 aromatic rings. The molecule has 3 aromatic carbocycles. The Morgan fingerprint density at radius 1 is 0.934 bits per heavy atom. The molecule has 2 saturated heterocycles. The van der Waals surface area contributed by atoms with Crippen LogP contribution in [0.15, 0.2) is 101 Å². The minimum atomic E-state index is -0.897. The molecule has 316 valence electrons. The number of nitrogens with one attached hydrogen (secondary N) is 2. The average molecular weight is 841 g/mol. The minimum Gasteiger partial charge on any atom is -0.464 e. The Bertz CT molecular complexity index is 2500. The molecule has 3 aromatic heterocycles. The summed E-state index contributed by atoms with van der Waals surface area (Å²) in [7, 11) is 0. The fourth-order valence-electron chi connectivity index (χ4n) is 8.30. The average Bonchev–Trinajstić information content (AvgIpc) is 4.02. The van der Waals surface area contributed by atoms with Gasteiger partial charge in [0.2, 0.25) is 17.7 Å². The maximum atomic E-state index is 14.2. The summed E-state index contributed by atoms with van der Waals surface area (Å²) in [6, 6.07) is 24.2. The summed E-state index contributed by atoms with van der Waals surface area (Å²) in [4.78, 5) is 52.8. The number of β-amino-alcohol motifs (C(OH)–C–C–N with tert-alkyl or cyclic N) is 1. The van der Waals surface area contributed by atoms with Gasteiger partial charge in [0.1, 0.15) is 17.7 Å². The molecule has 0 bridgehead atoms. The number of hydrogen-bond acceptors (Lipinski definition) is 11. The van der Waals surface area contributed by atoms with Gasteiger partial charge in [-0.2, -0.15) is 10.2 Å². The number of anilines is 1. The largest absolute Gasteiger partial charge is 0.464 e. The normalized spacial score (nSPS) is 18.3. The summed E-state index contributed by atoms with van der Waals surface area (Å²) >= 11 is 1.59. The number of amides is 3. The van der Waals surface area contributed by atoms with Crippen LogP contribution in [-0.2, 0) is 14.4 Å². The van der Waals surface area contributed by atoms with E-state index in [0.29, 0.717) is 13.1 Å². The molecule has 2 fully saturated rings. The molecule has 13 nitrogen and oxygen atoms in total. The van der Waals surface area contributed by atoms with Gasteiger partial charge in [0, 0.05) is 61.3 Å². The Kier molecular flexibility index (Phi) is 12.0. The number of para-hydroxylation sites is 1. The van der Waals surface area contributed by atoms with Crippen molar-refractivity contribution in [2.45, 2.75) is 65.3 Å². The second kappa shape index (κ2) is 17.6. The predicted octanol–water partition coefficient (Wildman–Crippen LogP) is 6.48. The number of benzene rings is 3. The van der Waals surface area contributed by atoms with E-state index in [-0.39, 0.29) is 43.3 Å². The van der Waals surface area contributed by atoms with Gasteiger partial charge in [-0.05, 0) is 66.3 Å². The number of furan rings is 1. The van der Waals surface area contributed by atoms with Crippen LogP contribution in [0.1, 0.15) is 51.4 Å². The van der Waals surface area contributed by atoms with E-state index in [1.165, 1.54) is 4.90 Å². The van der Waals surface area contributed by atoms with E-state index in [1.54, 1.807) is 23.8 Å². The van der Waals surface area contributed by atoms with Gasteiger partial charge in [-0.25, -0.2) is 4.98 Å². The number of hydrogen-bond donors (Lipinski definition) is 3. The maximum Gasteiger partial charge on any atom is 0.246 e. The first-order valence-corrected chi connectivity index (χ1v) is 21.7. The smallest absolute Gasteiger partial charge is 0.246 e. The lowest BCUT2D eigenvalue weighted by Gasteiger charge is -2.37. The highest BCUT2D eigenvalue weighted by Gasteiger charge is 2.45. The maximum absolute atomic E-state index is 14.2. The van der Waals surface area contributed by atoms with Crippen LogP contribution in [0.4, 0.5) is 5.69 Å². The highest BCUT2D eigenvalue weighted by Crippen LogP contribution is 2.32. The summed E-state index contributed by atoms with van der Waals surface area (Å²) in [5.74, 6) is -0.976. The number of likely N-dealkylation sites (tertiary alicyclic amines) is 1. The number of rotatable bonds is 11. The lowest BCUT2D eigenvalue weighted by atomic mass is 9.85. The molecule has 3 amide bonds. The van der Waals surface area contributed by atoms with Gasteiger partial charge < -0.3 is 30.0 Å². The van der Waals surface area contributed by atoms with Crippen molar-refractivity contribution in [1.29, 1.82) is 0 Å². The standard InChI is InChI=1S/C47H52N8O5S/c1-29(31-9-11-34(12-10-31)43-30(2)48-28-61-43)50-45(58)40-24-37(56)26-55(40)46(59)44(47(3,4)5)51-41(57)27-53-18-20-54(21-19-53)36-15-13-32(14-16-36)35-23-39(52-49-25-35)38-8-6-7-33-17-22-60-42(33)38/h6-17,22-23,25,28-29,37,40,44,56H,18-21,24,26-27H2,1-5H3,(H,50,58)(H,51,57)/t29-,37+,40-,44+/m0/s1. The van der Waals surface area contributed by atoms with E-state index in [1.807, 2.05) is 94.7 Å². The van der Waals surface area contributed by atoms with E-state index >= 15 is 0 Å². The second-order valence-corrected chi connectivity index (χ2v) is 18.0. The highest BCUT2D eigenvalue weighted by atomic mass is 32.1. The number of aromatic nitrogens is 3. The van der Waals surface area contributed by atoms with Crippen molar-refractivity contribution in [2.24, 2.45) is 5.41 Å². The molecule has 8 rings (SSSR count). The Morgan fingerprint density at radius 3 is 2.38 bits per heavy atom. The first kappa shape index (κ1) is 41.8. The van der Waals surface area contributed by atoms with Gasteiger partial charge >= 0.3 is 0 Å². The molecular weight excluding hydrogens is 789 g/mol. The third-order valence-corrected chi connectivity index (χ3v) is 12.8. The summed E-state index contributed by atoms with van der Waals surface area (Å²) in [6.07, 6.45) is 2.72. The minimum absolute atomic E-state index is 0.0166. The van der Waals surface area contributed by atoms with Gasteiger partial charge in [-0.1, -0.05) is 69.3 Å². The van der Waals surface area contributed by atoms with Crippen molar-refractivity contribution in [1.82, 2.24) is 35.6 Å². The van der Waals surface area contributed by atoms with Gasteiger partial charge in [-0.3, -0.25) is 19.3 Å². The molecule has 14 heteroatoms. The Morgan fingerprint density at radius 2 is 1.67 bits per heavy atom. The third-order valence-electron chi connectivity index (χ3n) is 11.8. The molecule has 4 atom stereocenters. The van der Waals surface area contributed by atoms with Crippen LogP contribution < -0.4 is 15.5 Å². The first-order valence-electron chi connectivity index (χ1n) is 20.8. The number of aryl methyl sites for hydroxylation is 1. The highest BCUT2D eigenvalue weighted by molar-refractivity contribution is 7.13. The van der Waals surface area contributed by atoms with Crippen molar-refractivity contribution < 1.29 is 23.9 Å². The van der Waals surface area contributed by atoms with Crippen molar-refractivity contribution in [3.8, 4) is 32.8 Å². The molecule has 61 heavy (non-hydrogen) atoms. The number of thiazole rings is 1. The zero-order valence-electron chi connectivity index (χ0n) is 35.2. The molecule has 0 spiro atoms. The second-order valence-electron chi connectivity index (χ2n) is 17.2. The van der Waals surface area contributed by atoms with Crippen LogP contribution in [0.5, 0.6) is 0 Å². The zero-order chi connectivity index (χ0) is 42.8. The molecule has 3 N–H and O–H groups in total. The van der Waals surface area contributed by atoms with Crippen molar-refractivity contribution in [3.63, 3.8) is 0 Å². The molecular formula is C47H52N8O5S. The van der Waals surface area contributed by atoms with E-state index in [2.05, 4.69) is 59.9 Å². The first-order chi connectivity index (χ1) is 29.3. The molecule has 5 heterocycles. The lowest BCUT2D eigenvalue weighted by Crippen LogP contribution is -2.59. The number of fused-ring (bicyclic) bond motifs is 1. The molecule has 0 radical (unpaired) electrons. The molecule has 0 unspecified atom stereocenters. The van der Waals surface area contributed by atoms with Crippen LogP contribution in [0.3, 0.4) is 0 Å². The predicted molar refractivity (Wildman–Crippen MR) is 238 cm³/mol. The van der Waals surface area contributed by atoms with Gasteiger partial charge in [0.15, 0.2) is 0 Å². The topological polar surface area (TPSA) is 157 Å². The summed E-state index contributed by atoms with van der Waals surface area (Å²) in [5, 5.41) is 26.5. The van der Waals surface area contributed by atoms with Crippen molar-refractivity contribution in [3.05, 3.63) is 108 Å². The van der Waals surface area contributed by atoms with E-state index in [9.17, 15) is 19.5 Å². The Labute approximate surface area is 359 Å². The van der Waals surface area contributed by atoms with E-state index in [4.69, 9.17) is 4.42 Å². The third kappa shape index (κ3) is 9.21. The molecule has 0 saturated carbocycles. The quantitative estimate of drug-likeness (QED) is 0.132. The Balaban J connectivity index is 0.848. The molecule has 0 aliphatic carbocycles. The van der Waals surface area contributed by atoms with Crippen LogP contribution in [0, 0.1) is 12.3 Å². The summed E-state index contributed by atoms with van der Waals surface area (Å²) in [5.41, 5.74) is 9.63. The van der Waals surface area contributed by atoms with Gasteiger partial charge in [-0.15, -0.1) is 11.3 Å². The van der Waals surface area contributed by atoms with Gasteiger partial charge in [0.25, 0.3) is 0 Å². The van der Waals surface area contributed by atoms with Crippen molar-refractivity contribution >= 4 is 45.7 Å². The summed E-state index contributed by atoms with van der Waals surface area (Å²) in [6.45, 7) is 12.5. The number of aliphatic hydroxyl groups is 1. The number of piperazine rings is 1. The number of carbonyl (C=O) groups is 3. The number of nitrogens with zero attached hydrogens (tertiary/aromatic N) is 6. The number of carbonyl (C=O) groups excluding carboxylic acids is 3. The zero-order valence-corrected chi connectivity index (χ0v) is 36.0. The van der Waals surface area contributed by atoms with Crippen molar-refractivity contribution in [2.75, 3.05) is 44.2 Å². The Hall–Kier alpha value is -5.96. The molecule has 2 aliphatic heterocycles. The van der Waals surface area contributed by atoms with E-state index < -0.39 is 23.6 Å². The van der Waals surface area contributed by atoms with Crippen LogP contribution in [0.25, 0.3) is 43.8 Å². The van der Waals surface area contributed by atoms with Crippen LogP contribution >= 0.6 is 11.3 Å². The number of aliphatic hydroxyl groups excluding tert-OH is 1. The summed E-state index contributed by atoms with van der Waals surface area (Å²) < 4.78 is 5.73. The fourth-order valence-corrected chi connectivity index (χ4v) is 9.12. The fraction of sp³-hybridized carbons (Fsp3) is 0.362. The van der Waals surface area contributed by atoms with Gasteiger partial charge in [0.05, 0.1) is 52.9 Å². The lowest BCUT2D eigenvalue weighted by molar-refractivity contribution is -0.144.